The minimum absolute atomic E-state index is 0.126. The molecule has 0 aromatic heterocycles. The van der Waals surface area contributed by atoms with E-state index in [4.69, 9.17) is 5.73 Å². The van der Waals surface area contributed by atoms with Crippen LogP contribution in [-0.2, 0) is 9.59 Å². The first-order chi connectivity index (χ1) is 15.0. The van der Waals surface area contributed by atoms with Crippen LogP contribution in [0.1, 0.15) is 37.8 Å². The number of benzene rings is 2. The average Bonchev–Trinajstić information content (AvgIpc) is 3.04. The Bertz CT molecular complexity index is 1180. The first kappa shape index (κ1) is 22.2. The number of carbonyl (C=O) groups excluding carboxylic acids is 2. The van der Waals surface area contributed by atoms with E-state index >= 15 is 0 Å². The molecule has 2 aliphatic heterocycles. The second-order valence-corrected chi connectivity index (χ2v) is 10.3. The number of nitrogens with zero attached hydrogens (tertiary/aromatic N) is 2. The first-order valence-corrected chi connectivity index (χ1v) is 11.1. The molecule has 2 aromatic rings. The summed E-state index contributed by atoms with van der Waals surface area (Å²) in [5, 5.41) is 10.4. The summed E-state index contributed by atoms with van der Waals surface area (Å²) in [4.78, 5) is 28.7. The highest BCUT2D eigenvalue weighted by molar-refractivity contribution is 9.10. The lowest BCUT2D eigenvalue weighted by Crippen LogP contribution is -2.49. The number of nitriles is 1. The number of nitrogens with two attached hydrogens (primary N) is 1. The van der Waals surface area contributed by atoms with Gasteiger partial charge in [0.1, 0.15) is 5.82 Å². The molecule has 4 atom stereocenters. The van der Waals surface area contributed by atoms with Gasteiger partial charge in [0.05, 0.1) is 18.2 Å². The molecule has 0 saturated carbocycles. The summed E-state index contributed by atoms with van der Waals surface area (Å²) in [6.45, 7) is 5.43. The van der Waals surface area contributed by atoms with Crippen LogP contribution in [0.15, 0.2) is 53.0 Å². The van der Waals surface area contributed by atoms with E-state index in [9.17, 15) is 19.2 Å². The Kier molecular flexibility index (Phi) is 5.25. The van der Waals surface area contributed by atoms with Crippen LogP contribution < -0.4 is 10.6 Å². The highest BCUT2D eigenvalue weighted by Gasteiger charge is 2.66. The van der Waals surface area contributed by atoms with Crippen LogP contribution in [0.2, 0.25) is 0 Å². The molecule has 0 bridgehead atoms. The van der Waals surface area contributed by atoms with Gasteiger partial charge < -0.3 is 10.6 Å². The number of rotatable bonds is 3. The Morgan fingerprint density at radius 3 is 2.41 bits per heavy atom. The van der Waals surface area contributed by atoms with E-state index in [-0.39, 0.29) is 5.78 Å². The maximum atomic E-state index is 13.9. The Balaban J connectivity index is 2.05. The van der Waals surface area contributed by atoms with E-state index in [2.05, 4.69) is 22.0 Å². The fourth-order valence-electron chi connectivity index (χ4n) is 4.95. The number of amides is 1. The van der Waals surface area contributed by atoms with Crippen molar-refractivity contribution < 1.29 is 14.0 Å². The van der Waals surface area contributed by atoms with E-state index in [1.165, 1.54) is 24.3 Å². The molecule has 0 aliphatic carbocycles. The topological polar surface area (TPSA) is 87.2 Å². The van der Waals surface area contributed by atoms with E-state index in [0.29, 0.717) is 5.56 Å². The fourth-order valence-corrected chi connectivity index (χ4v) is 5.32. The van der Waals surface area contributed by atoms with Gasteiger partial charge in [-0.2, -0.15) is 5.26 Å². The third-order valence-electron chi connectivity index (χ3n) is 6.43. The van der Waals surface area contributed by atoms with Crippen LogP contribution in [0.25, 0.3) is 6.08 Å². The smallest absolute Gasteiger partial charge is 0.241 e. The average molecular weight is 496 g/mol. The zero-order valence-electron chi connectivity index (χ0n) is 18.0. The van der Waals surface area contributed by atoms with Crippen molar-refractivity contribution in [2.24, 2.45) is 16.6 Å². The molecule has 1 amide bonds. The van der Waals surface area contributed by atoms with Gasteiger partial charge in [0.2, 0.25) is 5.91 Å². The van der Waals surface area contributed by atoms with Gasteiger partial charge in [-0.3, -0.25) is 9.59 Å². The number of fused-ring (bicyclic) bond motifs is 3. The molecule has 1 saturated heterocycles. The number of hydrogen-bond donors (Lipinski definition) is 1. The third-order valence-corrected chi connectivity index (χ3v) is 6.92. The van der Waals surface area contributed by atoms with Crippen LogP contribution in [0, 0.1) is 28.0 Å². The fraction of sp³-hybridized carbons (Fsp3) is 0.320. The number of halogens is 2. The molecule has 7 heteroatoms. The molecule has 0 radical (unpaired) electrons. The molecule has 164 valence electrons. The summed E-state index contributed by atoms with van der Waals surface area (Å²) in [6.07, 6.45) is 3.62. The van der Waals surface area contributed by atoms with Gasteiger partial charge in [-0.05, 0) is 41.5 Å². The van der Waals surface area contributed by atoms with Gasteiger partial charge in [0, 0.05) is 21.5 Å². The minimum Gasteiger partial charge on any atom is -0.368 e. The Labute approximate surface area is 194 Å². The van der Waals surface area contributed by atoms with Crippen LogP contribution in [0.5, 0.6) is 0 Å². The van der Waals surface area contributed by atoms with Crippen molar-refractivity contribution >= 4 is 39.4 Å². The minimum atomic E-state index is -1.72. The van der Waals surface area contributed by atoms with Crippen molar-refractivity contribution in [1.82, 2.24) is 0 Å². The zero-order valence-corrected chi connectivity index (χ0v) is 19.6. The summed E-state index contributed by atoms with van der Waals surface area (Å²) in [6, 6.07) is 11.9. The van der Waals surface area contributed by atoms with E-state index < -0.39 is 40.6 Å². The van der Waals surface area contributed by atoms with Crippen molar-refractivity contribution in [2.75, 3.05) is 4.90 Å². The lowest BCUT2D eigenvalue weighted by atomic mass is 9.66. The van der Waals surface area contributed by atoms with Crippen molar-refractivity contribution in [3.8, 4) is 6.07 Å². The van der Waals surface area contributed by atoms with Crippen molar-refractivity contribution in [3.63, 3.8) is 0 Å². The number of carbonyl (C=O) groups is 2. The highest BCUT2D eigenvalue weighted by atomic mass is 79.9. The lowest BCUT2D eigenvalue weighted by Gasteiger charge is -2.37. The van der Waals surface area contributed by atoms with Crippen LogP contribution in [-0.4, -0.2) is 23.8 Å². The standard InChI is InChI=1S/C25H23BrFN3O2/c1-24(2,3)22(31)21-20(14-4-8-17(27)9-5-14)25(13-28,23(29)32)19-11-6-15-12-16(26)7-10-18(15)30(19)21/h4-12,19-21H,1-3H3,(H2,29,32)/t19-,20-,21-,25-/m0/s1. The summed E-state index contributed by atoms with van der Waals surface area (Å²) in [5.74, 6) is -2.25. The zero-order chi connectivity index (χ0) is 23.4. The number of ketones is 1. The molecular formula is C25H23BrFN3O2. The number of Topliss-reactive ketones (excluding diaryl/α,β-unsaturated/α-hetero) is 1. The monoisotopic (exact) mass is 495 g/mol. The molecular weight excluding hydrogens is 473 g/mol. The summed E-state index contributed by atoms with van der Waals surface area (Å²) >= 11 is 3.47. The Morgan fingerprint density at radius 2 is 1.84 bits per heavy atom. The SMILES string of the molecule is CC(C)(C)C(=O)[C@@H]1[C@H](c2ccc(F)cc2)[C@@](C#N)(C(N)=O)[C@@H]2C=Cc3cc(Br)ccc3N12. The van der Waals surface area contributed by atoms with Crippen molar-refractivity contribution in [2.45, 2.75) is 38.8 Å². The molecule has 0 spiro atoms. The molecule has 2 aliphatic rings. The van der Waals surface area contributed by atoms with Gasteiger partial charge in [-0.1, -0.05) is 61.0 Å². The Hall–Kier alpha value is -2.98. The van der Waals surface area contributed by atoms with Crippen molar-refractivity contribution in [1.29, 1.82) is 5.26 Å². The summed E-state index contributed by atoms with van der Waals surface area (Å²) in [7, 11) is 0. The van der Waals surface area contributed by atoms with Gasteiger partial charge in [0.25, 0.3) is 0 Å². The quantitative estimate of drug-likeness (QED) is 0.675. The van der Waals surface area contributed by atoms with Gasteiger partial charge >= 0.3 is 0 Å². The summed E-state index contributed by atoms with van der Waals surface area (Å²) in [5.41, 5.74) is 5.56. The van der Waals surface area contributed by atoms with E-state index in [1.807, 2.05) is 49.9 Å². The highest BCUT2D eigenvalue weighted by Crippen LogP contribution is 2.56. The molecule has 2 heterocycles. The largest absolute Gasteiger partial charge is 0.368 e. The predicted molar refractivity (Wildman–Crippen MR) is 124 cm³/mol. The lowest BCUT2D eigenvalue weighted by molar-refractivity contribution is -0.128. The third kappa shape index (κ3) is 3.17. The van der Waals surface area contributed by atoms with Crippen LogP contribution in [0.4, 0.5) is 10.1 Å². The van der Waals surface area contributed by atoms with Gasteiger partial charge in [-0.25, -0.2) is 4.39 Å². The summed E-state index contributed by atoms with van der Waals surface area (Å²) < 4.78 is 14.6. The second-order valence-electron chi connectivity index (χ2n) is 9.35. The second kappa shape index (κ2) is 7.56. The molecule has 0 unspecified atom stereocenters. The maximum absolute atomic E-state index is 13.9. The first-order valence-electron chi connectivity index (χ1n) is 10.3. The number of primary amides is 1. The Morgan fingerprint density at radius 1 is 1.19 bits per heavy atom. The normalized spacial score (nSPS) is 26.2. The van der Waals surface area contributed by atoms with Crippen molar-refractivity contribution in [3.05, 3.63) is 70.0 Å². The van der Waals surface area contributed by atoms with E-state index in [1.54, 1.807) is 6.08 Å². The predicted octanol–water partition coefficient (Wildman–Crippen LogP) is 4.57. The van der Waals surface area contributed by atoms with Crippen LogP contribution in [0.3, 0.4) is 0 Å². The molecule has 5 nitrogen and oxygen atoms in total. The van der Waals surface area contributed by atoms with E-state index in [0.717, 1.165) is 15.7 Å². The number of anilines is 1. The molecule has 4 rings (SSSR count). The van der Waals surface area contributed by atoms with Gasteiger partial charge in [-0.15, -0.1) is 0 Å². The molecule has 2 aromatic carbocycles. The number of hydrogen-bond acceptors (Lipinski definition) is 4. The maximum Gasteiger partial charge on any atom is 0.241 e. The molecule has 32 heavy (non-hydrogen) atoms. The molecule has 2 N–H and O–H groups in total. The van der Waals surface area contributed by atoms with Crippen LogP contribution >= 0.6 is 15.9 Å². The van der Waals surface area contributed by atoms with Gasteiger partial charge in [0.15, 0.2) is 11.2 Å². The molecule has 1 fully saturated rings.